The molecule has 0 aliphatic carbocycles. The minimum atomic E-state index is -2.11. The van der Waals surface area contributed by atoms with Crippen LogP contribution in [0.1, 0.15) is 13.8 Å². The molecule has 14 heavy (non-hydrogen) atoms. The van der Waals surface area contributed by atoms with Crippen molar-refractivity contribution >= 4 is 16.3 Å². The lowest BCUT2D eigenvalue weighted by atomic mass is 10.6. The third-order valence-electron chi connectivity index (χ3n) is 1.77. The summed E-state index contributed by atoms with van der Waals surface area (Å²) in [6.45, 7) is 3.03. The van der Waals surface area contributed by atoms with Crippen LogP contribution in [0.3, 0.4) is 0 Å². The molecule has 0 saturated heterocycles. The zero-order valence-corrected chi connectivity index (χ0v) is 8.74. The lowest BCUT2D eigenvalue weighted by Gasteiger charge is -2.28. The molecule has 1 unspecified atom stereocenters. The molecule has 6 heteroatoms. The molecular weight excluding hydrogens is 206 g/mol. The minimum absolute atomic E-state index is 0.00444. The van der Waals surface area contributed by atoms with Gasteiger partial charge in [0.05, 0.1) is 4.92 Å². The van der Waals surface area contributed by atoms with Crippen molar-refractivity contribution in [3.63, 3.8) is 0 Å². The lowest BCUT2D eigenvalue weighted by Crippen LogP contribution is -2.14. The van der Waals surface area contributed by atoms with E-state index in [-0.39, 0.29) is 5.03 Å². The number of carbonyl (C=O) groups is 1. The molecule has 1 heterocycles. The standard InChI is InChI=1S/C8H11NO4S/c1-3-14(13-7(2)10)6-4-5-8(14)9(11)12/h4-6H,3H2,1-2H3. The molecule has 1 rings (SSSR count). The van der Waals surface area contributed by atoms with Crippen LogP contribution in [0.15, 0.2) is 22.6 Å². The molecule has 0 aromatic rings. The Hall–Kier alpha value is -1.30. The summed E-state index contributed by atoms with van der Waals surface area (Å²) in [7, 11) is -2.11. The second-order valence-electron chi connectivity index (χ2n) is 2.68. The van der Waals surface area contributed by atoms with E-state index >= 15 is 0 Å². The van der Waals surface area contributed by atoms with Crippen LogP contribution >= 0.6 is 10.3 Å². The fourth-order valence-corrected chi connectivity index (χ4v) is 3.40. The van der Waals surface area contributed by atoms with Crippen LogP contribution in [0.25, 0.3) is 0 Å². The molecule has 1 aliphatic rings. The molecule has 0 amide bonds. The van der Waals surface area contributed by atoms with Gasteiger partial charge in [-0.05, 0) is 11.5 Å². The average molecular weight is 217 g/mol. The van der Waals surface area contributed by atoms with Gasteiger partial charge in [-0.1, -0.05) is 6.92 Å². The van der Waals surface area contributed by atoms with E-state index in [1.807, 2.05) is 0 Å². The summed E-state index contributed by atoms with van der Waals surface area (Å²) in [6, 6.07) is 0. The molecule has 0 aromatic carbocycles. The summed E-state index contributed by atoms with van der Waals surface area (Å²) in [4.78, 5) is 21.0. The molecule has 0 N–H and O–H groups in total. The second-order valence-corrected chi connectivity index (χ2v) is 5.57. The zero-order valence-electron chi connectivity index (χ0n) is 7.93. The van der Waals surface area contributed by atoms with Crippen LogP contribution in [0.4, 0.5) is 0 Å². The topological polar surface area (TPSA) is 69.4 Å². The van der Waals surface area contributed by atoms with Crippen molar-refractivity contribution in [2.24, 2.45) is 0 Å². The van der Waals surface area contributed by atoms with Gasteiger partial charge in [0.1, 0.15) is 0 Å². The molecule has 0 aromatic heterocycles. The molecular formula is C8H11NO4S. The first-order chi connectivity index (χ1) is 6.52. The first-order valence-electron chi connectivity index (χ1n) is 4.05. The Labute approximate surface area is 83.1 Å². The van der Waals surface area contributed by atoms with Crippen molar-refractivity contribution in [1.29, 1.82) is 0 Å². The first kappa shape index (κ1) is 10.8. The highest BCUT2D eigenvalue weighted by atomic mass is 32.3. The molecule has 0 spiro atoms. The van der Waals surface area contributed by atoms with Crippen molar-refractivity contribution in [3.05, 3.63) is 32.7 Å². The number of nitro groups is 1. The number of hydrogen-bond donors (Lipinski definition) is 0. The van der Waals surface area contributed by atoms with Crippen LogP contribution in [0.5, 0.6) is 0 Å². The van der Waals surface area contributed by atoms with Crippen molar-refractivity contribution in [2.45, 2.75) is 13.8 Å². The predicted molar refractivity (Wildman–Crippen MR) is 54.1 cm³/mol. The van der Waals surface area contributed by atoms with Gasteiger partial charge in [0.2, 0.25) is 0 Å². The number of allylic oxidation sites excluding steroid dienone is 2. The summed E-state index contributed by atoms with van der Waals surface area (Å²) in [5.41, 5.74) is 0. The monoisotopic (exact) mass is 217 g/mol. The molecule has 1 atom stereocenters. The molecule has 0 saturated carbocycles. The fraction of sp³-hybridized carbons (Fsp3) is 0.375. The predicted octanol–water partition coefficient (Wildman–Crippen LogP) is 1.93. The first-order valence-corrected chi connectivity index (χ1v) is 5.84. The number of carbonyl (C=O) groups excluding carboxylic acids is 1. The van der Waals surface area contributed by atoms with Crippen LogP contribution in [0.2, 0.25) is 0 Å². The smallest absolute Gasteiger partial charge is 0.321 e. The maximum Gasteiger partial charge on any atom is 0.321 e. The summed E-state index contributed by atoms with van der Waals surface area (Å²) in [6.07, 6.45) is 2.96. The zero-order chi connectivity index (χ0) is 10.8. The van der Waals surface area contributed by atoms with E-state index in [1.165, 1.54) is 13.0 Å². The van der Waals surface area contributed by atoms with Crippen molar-refractivity contribution in [3.8, 4) is 0 Å². The van der Waals surface area contributed by atoms with Gasteiger partial charge in [0.15, 0.2) is 0 Å². The van der Waals surface area contributed by atoms with Gasteiger partial charge in [0, 0.05) is 29.1 Å². The van der Waals surface area contributed by atoms with Crippen LogP contribution in [-0.2, 0) is 8.98 Å². The second kappa shape index (κ2) is 3.83. The quantitative estimate of drug-likeness (QED) is 0.535. The van der Waals surface area contributed by atoms with Gasteiger partial charge in [-0.2, -0.15) is 0 Å². The van der Waals surface area contributed by atoms with Crippen molar-refractivity contribution in [2.75, 3.05) is 5.75 Å². The largest absolute Gasteiger partial charge is 0.402 e. The van der Waals surface area contributed by atoms with E-state index in [1.54, 1.807) is 18.4 Å². The lowest BCUT2D eigenvalue weighted by molar-refractivity contribution is -0.411. The maximum absolute atomic E-state index is 10.8. The van der Waals surface area contributed by atoms with Crippen molar-refractivity contribution in [1.82, 2.24) is 0 Å². The minimum Gasteiger partial charge on any atom is -0.402 e. The highest BCUT2D eigenvalue weighted by Gasteiger charge is 2.39. The van der Waals surface area contributed by atoms with E-state index in [4.69, 9.17) is 4.18 Å². The molecule has 78 valence electrons. The van der Waals surface area contributed by atoms with Crippen molar-refractivity contribution < 1.29 is 13.9 Å². The molecule has 1 aliphatic heterocycles. The highest BCUT2D eigenvalue weighted by Crippen LogP contribution is 2.60. The van der Waals surface area contributed by atoms with Gasteiger partial charge in [-0.3, -0.25) is 14.9 Å². The third kappa shape index (κ3) is 1.79. The van der Waals surface area contributed by atoms with Gasteiger partial charge in [0.25, 0.3) is 0 Å². The maximum atomic E-state index is 10.8. The van der Waals surface area contributed by atoms with E-state index in [0.29, 0.717) is 5.75 Å². The van der Waals surface area contributed by atoms with Gasteiger partial charge >= 0.3 is 11.0 Å². The van der Waals surface area contributed by atoms with Gasteiger partial charge in [-0.15, -0.1) is 0 Å². The van der Waals surface area contributed by atoms with E-state index < -0.39 is 21.2 Å². The molecule has 0 bridgehead atoms. The number of rotatable bonds is 3. The summed E-state index contributed by atoms with van der Waals surface area (Å²) in [5.74, 6) is -0.0447. The number of nitrogens with zero attached hydrogens (tertiary/aromatic N) is 1. The van der Waals surface area contributed by atoms with E-state index in [9.17, 15) is 14.9 Å². The van der Waals surface area contributed by atoms with Crippen LogP contribution in [0, 0.1) is 10.1 Å². The summed E-state index contributed by atoms with van der Waals surface area (Å²) < 4.78 is 5.07. The van der Waals surface area contributed by atoms with E-state index in [0.717, 1.165) is 0 Å². The Morgan fingerprint density at radius 3 is 2.79 bits per heavy atom. The van der Waals surface area contributed by atoms with Crippen LogP contribution in [-0.4, -0.2) is 16.6 Å². The number of hydrogen-bond acceptors (Lipinski definition) is 4. The van der Waals surface area contributed by atoms with E-state index in [2.05, 4.69) is 0 Å². The third-order valence-corrected chi connectivity index (χ3v) is 4.75. The summed E-state index contributed by atoms with van der Waals surface area (Å²) >= 11 is 0. The highest BCUT2D eigenvalue weighted by molar-refractivity contribution is 8.35. The Balaban J connectivity index is 3.00. The average Bonchev–Trinajstić information content (AvgIpc) is 2.48. The Bertz CT molecular complexity index is 336. The molecule has 5 nitrogen and oxygen atoms in total. The molecule has 0 fully saturated rings. The normalized spacial score (nSPS) is 29.1. The SMILES string of the molecule is CCS1(OC(C)=O)C=CC=C1[N+](=O)[O-]. The summed E-state index contributed by atoms with van der Waals surface area (Å²) in [5, 5.41) is 12.3. The Morgan fingerprint density at radius 2 is 2.36 bits per heavy atom. The van der Waals surface area contributed by atoms with Gasteiger partial charge < -0.3 is 4.18 Å². The molecule has 0 radical (unpaired) electrons. The Kier molecular flexibility index (Phi) is 2.95. The van der Waals surface area contributed by atoms with Crippen LogP contribution < -0.4 is 0 Å². The van der Waals surface area contributed by atoms with Gasteiger partial charge in [-0.25, -0.2) is 0 Å². The fourth-order valence-electron chi connectivity index (χ4n) is 1.20. The Morgan fingerprint density at radius 1 is 1.71 bits per heavy atom.